The molecule has 2 amide bonds. The van der Waals surface area contributed by atoms with Gasteiger partial charge in [-0.15, -0.1) is 0 Å². The molecule has 312 valence electrons. The van der Waals surface area contributed by atoms with Crippen molar-refractivity contribution in [1.29, 1.82) is 0 Å². The molecule has 3 aliphatic rings. The molecule has 3 aliphatic heterocycles. The summed E-state index contributed by atoms with van der Waals surface area (Å²) in [5, 5.41) is 113. The predicted molar refractivity (Wildman–Crippen MR) is 168 cm³/mol. The molecule has 17 atom stereocenters. The smallest absolute Gasteiger partial charge is 0.547 e. The molecule has 25 heteroatoms. The zero-order valence-corrected chi connectivity index (χ0v) is 36.2. The fourth-order valence-corrected chi connectivity index (χ4v) is 4.63. The Morgan fingerprint density at radius 3 is 1.56 bits per heavy atom. The van der Waals surface area contributed by atoms with Gasteiger partial charge in [0.15, 0.2) is 18.9 Å². The van der Waals surface area contributed by atoms with Gasteiger partial charge in [0.25, 0.3) is 0 Å². The van der Waals surface area contributed by atoms with Crippen molar-refractivity contribution in [3.05, 3.63) is 0 Å². The Kier molecular flexibility index (Phi) is 30.5. The number of aliphatic hydroxyl groups excluding tert-OH is 9. The summed E-state index contributed by atoms with van der Waals surface area (Å²) in [4.78, 5) is 44.5. The summed E-state index contributed by atoms with van der Waals surface area (Å²) in [5.41, 5.74) is 4.47. The molecule has 0 aromatic rings. The summed E-state index contributed by atoms with van der Waals surface area (Å²) in [6.07, 6.45) is -27.7. The van der Waals surface area contributed by atoms with Crippen molar-refractivity contribution in [2.75, 3.05) is 13.2 Å². The first-order valence-electron chi connectivity index (χ1n) is 16.5. The molecule has 55 heavy (non-hydrogen) atoms. The summed E-state index contributed by atoms with van der Waals surface area (Å²) in [7, 11) is 0. The minimum Gasteiger partial charge on any atom is -0.547 e. The minimum absolute atomic E-state index is 0. The molecular formula is C30H54N2Na2O21. The monoisotopic (exact) mass is 824 g/mol. The molecule has 0 bridgehead atoms. The molecule has 23 nitrogen and oxygen atoms in total. The van der Waals surface area contributed by atoms with E-state index in [1.54, 1.807) is 13.8 Å². The summed E-state index contributed by atoms with van der Waals surface area (Å²) >= 11 is 0. The molecule has 3 rings (SSSR count). The maximum atomic E-state index is 12.1. The second kappa shape index (κ2) is 28.7. The Morgan fingerprint density at radius 1 is 0.709 bits per heavy atom. The standard InChI is InChI=1S/C22H35NO18.C4H10O2.C2H5NO.C2H6.2Na/c1-5-8(26)14(38-22-12(30)9(27)10(28)16(40-22)18(32)33)7(23-6(2)25)20(37-5)39-15-11(29)13(31)21(36-4-3-24)41-17(15)19(34)35;1-3(5)4(2)6;1-2(3)4;1-2;;/h5,7-17,20-22,24,26-31H,3-4H2,1-2H3,(H,23,25)(H,32,33)(H,34,35);3-6H,1-2H3;1H3,(H2,3,4);1-2H3;;/q;;;;2*+1/p-2. The Morgan fingerprint density at radius 2 is 1.15 bits per heavy atom. The number of nitrogens with one attached hydrogen (secondary N) is 1. The number of aliphatic hydroxyl groups is 9. The largest absolute Gasteiger partial charge is 1.00 e. The van der Waals surface area contributed by atoms with Gasteiger partial charge in [0.1, 0.15) is 67.1 Å². The molecule has 0 radical (unpaired) electrons. The van der Waals surface area contributed by atoms with Gasteiger partial charge >= 0.3 is 59.1 Å². The second-order valence-electron chi connectivity index (χ2n) is 11.8. The van der Waals surface area contributed by atoms with Crippen LogP contribution in [-0.2, 0) is 47.6 Å². The van der Waals surface area contributed by atoms with Crippen molar-refractivity contribution in [2.24, 2.45) is 5.73 Å². The van der Waals surface area contributed by atoms with Crippen LogP contribution in [-0.4, -0.2) is 187 Å². The number of amides is 2. The zero-order chi connectivity index (χ0) is 41.5. The van der Waals surface area contributed by atoms with Crippen molar-refractivity contribution in [2.45, 2.75) is 153 Å². The summed E-state index contributed by atoms with van der Waals surface area (Å²) in [5.74, 6) is -4.98. The zero-order valence-electron chi connectivity index (χ0n) is 32.2. The first-order valence-corrected chi connectivity index (χ1v) is 16.5. The van der Waals surface area contributed by atoms with Crippen molar-refractivity contribution >= 4 is 23.8 Å². The first-order chi connectivity index (χ1) is 24.6. The second-order valence-corrected chi connectivity index (χ2v) is 11.8. The number of hydrogen-bond donors (Lipinski definition) is 11. The third kappa shape index (κ3) is 18.4. The number of nitrogens with two attached hydrogens (primary N) is 1. The third-order valence-electron chi connectivity index (χ3n) is 7.42. The first kappa shape index (κ1) is 58.6. The van der Waals surface area contributed by atoms with Crippen molar-refractivity contribution in [1.82, 2.24) is 5.32 Å². The number of aliphatic carboxylic acids is 2. The van der Waals surface area contributed by atoms with E-state index in [4.69, 9.17) is 43.7 Å². The van der Waals surface area contributed by atoms with E-state index in [1.165, 1.54) is 13.8 Å². The van der Waals surface area contributed by atoms with Crippen LogP contribution < -0.4 is 80.4 Å². The fraction of sp³-hybridized carbons (Fsp3) is 0.867. The minimum atomic E-state index is -2.17. The number of carboxylic acids is 2. The van der Waals surface area contributed by atoms with Crippen molar-refractivity contribution < 1.29 is 163 Å². The van der Waals surface area contributed by atoms with E-state index >= 15 is 0 Å². The van der Waals surface area contributed by atoms with Crippen LogP contribution in [0, 0.1) is 0 Å². The third-order valence-corrected chi connectivity index (χ3v) is 7.42. The van der Waals surface area contributed by atoms with Crippen LogP contribution >= 0.6 is 0 Å². The van der Waals surface area contributed by atoms with E-state index in [-0.39, 0.29) is 71.6 Å². The van der Waals surface area contributed by atoms with Crippen LogP contribution in [0.15, 0.2) is 0 Å². The molecule has 3 fully saturated rings. The SMILES string of the molecule is CC.CC(=O)NC1C(OC2C(C(=O)[O-])OC(OCCO)C(O)C2O)OC(C)C(O)C1OC1OC(C(=O)[O-])C(O)C(O)C1O.CC(N)=O.CC(O)C(C)O.[Na+].[Na+]. The maximum absolute atomic E-state index is 12.1. The average Bonchev–Trinajstić information content (AvgIpc) is 3.07. The molecule has 3 heterocycles. The summed E-state index contributed by atoms with van der Waals surface area (Å²) in [6, 6.07) is -1.60. The van der Waals surface area contributed by atoms with E-state index in [2.05, 4.69) is 11.1 Å². The van der Waals surface area contributed by atoms with Crippen LogP contribution in [0.3, 0.4) is 0 Å². The van der Waals surface area contributed by atoms with E-state index in [0.717, 1.165) is 6.92 Å². The van der Waals surface area contributed by atoms with Crippen LogP contribution in [0.1, 0.15) is 48.5 Å². The van der Waals surface area contributed by atoms with Crippen molar-refractivity contribution in [3.63, 3.8) is 0 Å². The number of rotatable bonds is 11. The number of carbonyl (C=O) groups is 4. The molecule has 0 spiro atoms. The molecule has 12 N–H and O–H groups in total. The van der Waals surface area contributed by atoms with Crippen molar-refractivity contribution in [3.8, 4) is 0 Å². The number of carboxylic acid groups (broad SMARTS) is 2. The molecular weight excluding hydrogens is 770 g/mol. The van der Waals surface area contributed by atoms with Crippen LogP contribution in [0.2, 0.25) is 0 Å². The van der Waals surface area contributed by atoms with Gasteiger partial charge in [0, 0.05) is 13.8 Å². The maximum Gasteiger partial charge on any atom is 1.00 e. The Labute approximate surface area is 361 Å². The Balaban J connectivity index is -0.00000169. The number of primary amides is 1. The molecule has 0 aliphatic carbocycles. The molecule has 0 aromatic carbocycles. The van der Waals surface area contributed by atoms with Crippen LogP contribution in [0.4, 0.5) is 0 Å². The normalized spacial score (nSPS) is 36.4. The van der Waals surface area contributed by atoms with Gasteiger partial charge in [-0.25, -0.2) is 0 Å². The van der Waals surface area contributed by atoms with Gasteiger partial charge < -0.3 is 105 Å². The fourth-order valence-electron chi connectivity index (χ4n) is 4.63. The predicted octanol–water partition coefficient (Wildman–Crippen LogP) is -14.6. The van der Waals surface area contributed by atoms with E-state index in [0.29, 0.717) is 0 Å². The summed E-state index contributed by atoms with van der Waals surface area (Å²) < 4.78 is 32.0. The van der Waals surface area contributed by atoms with Crippen LogP contribution in [0.5, 0.6) is 0 Å². The van der Waals surface area contributed by atoms with E-state index < -0.39 is 129 Å². The van der Waals surface area contributed by atoms with E-state index in [9.17, 15) is 60.0 Å². The van der Waals surface area contributed by atoms with Gasteiger partial charge in [-0.3, -0.25) is 9.59 Å². The van der Waals surface area contributed by atoms with Gasteiger partial charge in [-0.2, -0.15) is 0 Å². The topological polar surface area (TPSA) is 390 Å². The molecule has 17 unspecified atom stereocenters. The molecule has 0 saturated carbocycles. The molecule has 3 saturated heterocycles. The number of ether oxygens (including phenoxy) is 6. The van der Waals surface area contributed by atoms with Crippen LogP contribution in [0.25, 0.3) is 0 Å². The van der Waals surface area contributed by atoms with Gasteiger partial charge in [-0.05, 0) is 20.8 Å². The Bertz CT molecular complexity index is 1120. The quantitative estimate of drug-likeness (QED) is 0.0862. The number of hydrogen-bond acceptors (Lipinski definition) is 21. The van der Waals surface area contributed by atoms with E-state index in [1.807, 2.05) is 13.8 Å². The average molecular weight is 825 g/mol. The number of carbonyl (C=O) groups excluding carboxylic acids is 4. The Hall–Kier alpha value is -0.720. The summed E-state index contributed by atoms with van der Waals surface area (Å²) in [6.45, 7) is 9.82. The van der Waals surface area contributed by atoms with Gasteiger partial charge in [0.2, 0.25) is 11.8 Å². The van der Waals surface area contributed by atoms with Gasteiger partial charge in [-0.1, -0.05) is 13.8 Å². The molecule has 0 aromatic heterocycles. The van der Waals surface area contributed by atoms with Gasteiger partial charge in [0.05, 0.1) is 43.5 Å².